The van der Waals surface area contributed by atoms with Crippen LogP contribution in [0, 0.1) is 12.7 Å². The number of carbonyl (C=O) groups is 1. The van der Waals surface area contributed by atoms with Crippen LogP contribution >= 0.6 is 11.8 Å². The number of hydrogen-bond acceptors (Lipinski definition) is 5. The molecule has 0 atom stereocenters. The third-order valence-corrected chi connectivity index (χ3v) is 5.40. The number of carbonyl (C=O) groups excluding carboxylic acids is 1. The zero-order valence-corrected chi connectivity index (χ0v) is 17.0. The van der Waals surface area contributed by atoms with Crippen molar-refractivity contribution in [3.63, 3.8) is 0 Å². The van der Waals surface area contributed by atoms with E-state index in [1.807, 2.05) is 47.0 Å². The van der Waals surface area contributed by atoms with E-state index >= 15 is 0 Å². The van der Waals surface area contributed by atoms with Gasteiger partial charge in [-0.1, -0.05) is 48.2 Å². The largest absolute Gasteiger partial charge is 0.467 e. The number of halogens is 1. The summed E-state index contributed by atoms with van der Waals surface area (Å²) in [6, 6.07) is 18.0. The lowest BCUT2D eigenvalue weighted by Gasteiger charge is -2.09. The highest BCUT2D eigenvalue weighted by Crippen LogP contribution is 2.25. The third kappa shape index (κ3) is 4.60. The van der Waals surface area contributed by atoms with E-state index in [1.54, 1.807) is 25.3 Å². The predicted molar refractivity (Wildman–Crippen MR) is 114 cm³/mol. The molecule has 0 saturated heterocycles. The number of aryl methyl sites for hydroxylation is 1. The number of nitrogens with zero attached hydrogens (tertiary/aromatic N) is 3. The van der Waals surface area contributed by atoms with Gasteiger partial charge >= 0.3 is 0 Å². The van der Waals surface area contributed by atoms with Gasteiger partial charge in [-0.3, -0.25) is 9.36 Å². The molecule has 0 unspecified atom stereocenters. The molecule has 0 aliphatic rings. The van der Waals surface area contributed by atoms with Gasteiger partial charge in [0.1, 0.15) is 11.6 Å². The molecule has 6 nitrogen and oxygen atoms in total. The van der Waals surface area contributed by atoms with Crippen LogP contribution in [0.1, 0.15) is 11.3 Å². The van der Waals surface area contributed by atoms with Gasteiger partial charge in [0.05, 0.1) is 18.6 Å². The van der Waals surface area contributed by atoms with Crippen molar-refractivity contribution in [3.8, 4) is 11.4 Å². The fraction of sp³-hybridized carbons (Fsp3) is 0.136. The van der Waals surface area contributed by atoms with E-state index in [-0.39, 0.29) is 17.5 Å². The zero-order valence-electron chi connectivity index (χ0n) is 16.2. The van der Waals surface area contributed by atoms with Crippen LogP contribution in [0.15, 0.2) is 76.5 Å². The minimum absolute atomic E-state index is 0.112. The van der Waals surface area contributed by atoms with Crippen molar-refractivity contribution < 1.29 is 13.6 Å². The summed E-state index contributed by atoms with van der Waals surface area (Å²) in [4.78, 5) is 12.4. The number of anilines is 1. The Morgan fingerprint density at radius 2 is 1.97 bits per heavy atom. The Balaban J connectivity index is 1.51. The van der Waals surface area contributed by atoms with Crippen molar-refractivity contribution in [1.82, 2.24) is 14.8 Å². The Morgan fingerprint density at radius 3 is 2.70 bits per heavy atom. The van der Waals surface area contributed by atoms with Gasteiger partial charge in [-0.05, 0) is 36.8 Å². The first-order chi connectivity index (χ1) is 14.6. The molecule has 0 aliphatic carbocycles. The van der Waals surface area contributed by atoms with Gasteiger partial charge in [0.2, 0.25) is 5.91 Å². The molecular formula is C22H19FN4O2S. The summed E-state index contributed by atoms with van der Waals surface area (Å²) >= 11 is 1.26. The van der Waals surface area contributed by atoms with Crippen molar-refractivity contribution in [2.45, 2.75) is 18.6 Å². The van der Waals surface area contributed by atoms with Gasteiger partial charge < -0.3 is 9.73 Å². The van der Waals surface area contributed by atoms with Crippen LogP contribution in [-0.4, -0.2) is 26.4 Å². The van der Waals surface area contributed by atoms with Crippen LogP contribution in [0.5, 0.6) is 0 Å². The molecule has 0 spiro atoms. The predicted octanol–water partition coefficient (Wildman–Crippen LogP) is 4.76. The molecule has 0 fully saturated rings. The van der Waals surface area contributed by atoms with Crippen LogP contribution in [0.3, 0.4) is 0 Å². The second kappa shape index (κ2) is 8.96. The van der Waals surface area contributed by atoms with Gasteiger partial charge in [-0.15, -0.1) is 10.2 Å². The zero-order chi connectivity index (χ0) is 20.9. The highest BCUT2D eigenvalue weighted by atomic mass is 32.2. The highest BCUT2D eigenvalue weighted by Gasteiger charge is 2.17. The molecule has 2 heterocycles. The fourth-order valence-corrected chi connectivity index (χ4v) is 3.63. The minimum atomic E-state index is -0.355. The maximum absolute atomic E-state index is 13.7. The van der Waals surface area contributed by atoms with E-state index in [0.717, 1.165) is 11.3 Å². The Morgan fingerprint density at radius 1 is 1.13 bits per heavy atom. The van der Waals surface area contributed by atoms with Crippen LogP contribution < -0.4 is 5.32 Å². The average Bonchev–Trinajstić information content (AvgIpc) is 3.40. The first kappa shape index (κ1) is 19.9. The fourth-order valence-electron chi connectivity index (χ4n) is 2.89. The summed E-state index contributed by atoms with van der Waals surface area (Å²) in [6.45, 7) is 2.12. The minimum Gasteiger partial charge on any atom is -0.467 e. The number of aromatic nitrogens is 3. The van der Waals surface area contributed by atoms with Crippen LogP contribution in [0.25, 0.3) is 11.4 Å². The summed E-state index contributed by atoms with van der Waals surface area (Å²) in [5.74, 6) is 0.952. The van der Waals surface area contributed by atoms with Crippen molar-refractivity contribution >= 4 is 23.4 Å². The number of amides is 1. The third-order valence-electron chi connectivity index (χ3n) is 4.43. The monoisotopic (exact) mass is 422 g/mol. The number of furan rings is 1. The Kier molecular flexibility index (Phi) is 5.94. The maximum Gasteiger partial charge on any atom is 0.234 e. The first-order valence-corrected chi connectivity index (χ1v) is 10.3. The van der Waals surface area contributed by atoms with Crippen LogP contribution in [0.4, 0.5) is 10.1 Å². The molecule has 4 aromatic rings. The molecule has 1 N–H and O–H groups in total. The first-order valence-electron chi connectivity index (χ1n) is 9.30. The van der Waals surface area contributed by atoms with Gasteiger partial charge in [-0.25, -0.2) is 4.39 Å². The topological polar surface area (TPSA) is 73.0 Å². The highest BCUT2D eigenvalue weighted by molar-refractivity contribution is 7.99. The summed E-state index contributed by atoms with van der Waals surface area (Å²) in [5.41, 5.74) is 1.87. The Labute approximate surface area is 177 Å². The number of thioether (sulfide) groups is 1. The average molecular weight is 422 g/mol. The van der Waals surface area contributed by atoms with E-state index < -0.39 is 0 Å². The summed E-state index contributed by atoms with van der Waals surface area (Å²) in [5, 5.41) is 11.9. The van der Waals surface area contributed by atoms with E-state index in [2.05, 4.69) is 15.5 Å². The van der Waals surface area contributed by atoms with Gasteiger partial charge in [0, 0.05) is 11.3 Å². The molecule has 8 heteroatoms. The molecule has 30 heavy (non-hydrogen) atoms. The van der Waals surface area contributed by atoms with E-state index in [0.29, 0.717) is 28.8 Å². The smallest absolute Gasteiger partial charge is 0.234 e. The van der Waals surface area contributed by atoms with Crippen molar-refractivity contribution in [3.05, 3.63) is 84.1 Å². The van der Waals surface area contributed by atoms with Crippen LogP contribution in [-0.2, 0) is 11.3 Å². The van der Waals surface area contributed by atoms with Crippen LogP contribution in [0.2, 0.25) is 0 Å². The molecule has 0 saturated carbocycles. The molecular weight excluding hydrogens is 403 g/mol. The molecule has 0 aliphatic heterocycles. The van der Waals surface area contributed by atoms with Crippen molar-refractivity contribution in [2.24, 2.45) is 0 Å². The second-order valence-electron chi connectivity index (χ2n) is 6.64. The number of nitrogens with one attached hydrogen (secondary N) is 1. The molecule has 1 amide bonds. The lowest BCUT2D eigenvalue weighted by Crippen LogP contribution is -2.15. The molecule has 2 aromatic heterocycles. The summed E-state index contributed by atoms with van der Waals surface area (Å²) in [7, 11) is 0. The second-order valence-corrected chi connectivity index (χ2v) is 7.58. The van der Waals surface area contributed by atoms with Gasteiger partial charge in [-0.2, -0.15) is 0 Å². The number of rotatable bonds is 7. The quantitative estimate of drug-likeness (QED) is 0.435. The molecule has 152 valence electrons. The molecule has 0 radical (unpaired) electrons. The lowest BCUT2D eigenvalue weighted by atomic mass is 10.2. The van der Waals surface area contributed by atoms with Gasteiger partial charge in [0.25, 0.3) is 0 Å². The number of benzene rings is 2. The molecule has 4 rings (SSSR count). The SMILES string of the molecule is Cc1ccc(NC(=O)CSc2nnc(-c3ccccc3)n2Cc2ccco2)cc1F. The Bertz CT molecular complexity index is 1140. The van der Waals surface area contributed by atoms with E-state index in [9.17, 15) is 9.18 Å². The number of hydrogen-bond donors (Lipinski definition) is 1. The lowest BCUT2D eigenvalue weighted by molar-refractivity contribution is -0.113. The van der Waals surface area contributed by atoms with E-state index in [4.69, 9.17) is 4.42 Å². The maximum atomic E-state index is 13.7. The van der Waals surface area contributed by atoms with Crippen molar-refractivity contribution in [2.75, 3.05) is 11.1 Å². The normalized spacial score (nSPS) is 10.9. The molecule has 2 aromatic carbocycles. The standard InChI is InChI=1S/C22H19FN4O2S/c1-15-9-10-17(12-19(15)23)24-20(28)14-30-22-26-25-21(16-6-3-2-4-7-16)27(22)13-18-8-5-11-29-18/h2-12H,13-14H2,1H3,(H,24,28). The van der Waals surface area contributed by atoms with Gasteiger partial charge in [0.15, 0.2) is 11.0 Å². The van der Waals surface area contributed by atoms with E-state index in [1.165, 1.54) is 17.8 Å². The molecule has 0 bridgehead atoms. The summed E-state index contributed by atoms with van der Waals surface area (Å²) in [6.07, 6.45) is 1.61. The Hall–Kier alpha value is -3.39. The van der Waals surface area contributed by atoms with Crippen molar-refractivity contribution in [1.29, 1.82) is 0 Å². The summed E-state index contributed by atoms with van der Waals surface area (Å²) < 4.78 is 21.1.